The number of carbonyl (C=O) groups excluding carboxylic acids is 1. The van der Waals surface area contributed by atoms with Crippen LogP contribution in [0.3, 0.4) is 0 Å². The molecule has 0 aliphatic heterocycles. The minimum absolute atomic E-state index is 0.237. The van der Waals surface area contributed by atoms with E-state index < -0.39 is 5.91 Å². The van der Waals surface area contributed by atoms with E-state index in [0.717, 1.165) is 5.71 Å². The fourth-order valence-corrected chi connectivity index (χ4v) is 1.69. The maximum absolute atomic E-state index is 11.7. The molecule has 0 saturated carbocycles. The van der Waals surface area contributed by atoms with E-state index in [9.17, 15) is 4.79 Å². The van der Waals surface area contributed by atoms with Crippen LogP contribution in [0, 0.1) is 5.41 Å². The summed E-state index contributed by atoms with van der Waals surface area (Å²) < 4.78 is 1.64. The number of hydrogen-bond donors (Lipinski definition) is 1. The molecule has 2 heterocycles. The highest BCUT2D eigenvalue weighted by atomic mass is 16.6. The van der Waals surface area contributed by atoms with Crippen LogP contribution < -0.4 is 5.43 Å². The summed E-state index contributed by atoms with van der Waals surface area (Å²) >= 11 is 0. The van der Waals surface area contributed by atoms with Gasteiger partial charge in [-0.25, -0.2) is 15.1 Å². The Balaban J connectivity index is 1.84. The first-order valence-electron chi connectivity index (χ1n) is 7.70. The lowest BCUT2D eigenvalue weighted by Gasteiger charge is -2.20. The Bertz CT molecular complexity index is 719. The Labute approximate surface area is 145 Å². The molecular weight excluding hydrogens is 322 g/mol. The zero-order valence-electron chi connectivity index (χ0n) is 14.5. The van der Waals surface area contributed by atoms with E-state index in [1.165, 1.54) is 12.5 Å². The molecule has 0 aromatic carbocycles. The summed E-state index contributed by atoms with van der Waals surface area (Å²) in [5, 5.41) is 11.9. The zero-order chi connectivity index (χ0) is 18.1. The summed E-state index contributed by atoms with van der Waals surface area (Å²) in [6, 6.07) is 5.40. The molecule has 1 amide bonds. The molecule has 0 spiro atoms. The van der Waals surface area contributed by atoms with Crippen molar-refractivity contribution in [1.82, 2.24) is 25.2 Å². The number of rotatable bonds is 7. The van der Waals surface area contributed by atoms with Gasteiger partial charge in [0.15, 0.2) is 6.61 Å². The predicted molar refractivity (Wildman–Crippen MR) is 92.8 cm³/mol. The second kappa shape index (κ2) is 8.67. The predicted octanol–water partition coefficient (Wildman–Crippen LogP) is 1.24. The number of nitrogens with zero attached hydrogens (tertiary/aromatic N) is 6. The molecule has 2 aromatic rings. The maximum atomic E-state index is 11.7. The number of carbonyl (C=O) groups is 1. The van der Waals surface area contributed by atoms with Crippen LogP contribution in [-0.2, 0) is 16.2 Å². The minimum Gasteiger partial charge on any atom is -0.386 e. The van der Waals surface area contributed by atoms with E-state index in [1.54, 1.807) is 29.3 Å². The lowest BCUT2D eigenvalue weighted by atomic mass is 9.90. The first-order valence-corrected chi connectivity index (χ1v) is 7.70. The Kier molecular flexibility index (Phi) is 6.33. The zero-order valence-corrected chi connectivity index (χ0v) is 14.5. The second-order valence-corrected chi connectivity index (χ2v) is 6.20. The summed E-state index contributed by atoms with van der Waals surface area (Å²) in [6.45, 7) is 6.20. The van der Waals surface area contributed by atoms with Crippen molar-refractivity contribution in [3.8, 4) is 0 Å². The number of nitrogens with one attached hydrogen (secondary N) is 1. The Morgan fingerprint density at radius 3 is 2.88 bits per heavy atom. The van der Waals surface area contributed by atoms with Gasteiger partial charge >= 0.3 is 0 Å². The summed E-state index contributed by atoms with van der Waals surface area (Å²) in [5.41, 5.74) is 3.50. The number of amides is 1. The molecule has 0 radical (unpaired) electrons. The van der Waals surface area contributed by atoms with Gasteiger partial charge in [-0.15, -0.1) is 0 Å². The van der Waals surface area contributed by atoms with Gasteiger partial charge in [0.05, 0.1) is 24.2 Å². The van der Waals surface area contributed by atoms with Crippen LogP contribution in [0.2, 0.25) is 0 Å². The summed E-state index contributed by atoms with van der Waals surface area (Å²) in [6.07, 6.45) is 6.14. The van der Waals surface area contributed by atoms with Gasteiger partial charge in [-0.3, -0.25) is 9.78 Å². The van der Waals surface area contributed by atoms with E-state index in [-0.39, 0.29) is 12.0 Å². The Morgan fingerprint density at radius 1 is 1.40 bits per heavy atom. The fraction of sp³-hybridized carbons (Fsp3) is 0.375. The molecule has 0 saturated heterocycles. The van der Waals surface area contributed by atoms with Gasteiger partial charge in [-0.2, -0.15) is 10.2 Å². The van der Waals surface area contributed by atoms with Crippen molar-refractivity contribution in [2.75, 3.05) is 6.61 Å². The van der Waals surface area contributed by atoms with Gasteiger partial charge in [0.1, 0.15) is 12.7 Å². The van der Waals surface area contributed by atoms with Gasteiger partial charge < -0.3 is 4.84 Å². The molecule has 132 valence electrons. The third-order valence-electron chi connectivity index (χ3n) is 3.09. The molecule has 0 unspecified atom stereocenters. The van der Waals surface area contributed by atoms with Gasteiger partial charge in [-0.1, -0.05) is 32.0 Å². The molecule has 9 heteroatoms. The van der Waals surface area contributed by atoms with E-state index in [4.69, 9.17) is 4.84 Å². The van der Waals surface area contributed by atoms with E-state index in [1.807, 2.05) is 26.8 Å². The molecule has 0 fully saturated rings. The number of hydrazone groups is 1. The normalized spacial score (nSPS) is 12.4. The topological polar surface area (TPSA) is 107 Å². The van der Waals surface area contributed by atoms with Crippen LogP contribution in [0.25, 0.3) is 0 Å². The molecule has 2 aromatic heterocycles. The van der Waals surface area contributed by atoms with Crippen LogP contribution in [0.15, 0.2) is 47.3 Å². The van der Waals surface area contributed by atoms with Crippen molar-refractivity contribution in [3.63, 3.8) is 0 Å². The van der Waals surface area contributed by atoms with Crippen LogP contribution in [0.4, 0.5) is 0 Å². The third-order valence-corrected chi connectivity index (χ3v) is 3.09. The lowest BCUT2D eigenvalue weighted by Crippen LogP contribution is -2.27. The number of aromatic nitrogens is 4. The molecule has 0 atom stereocenters. The van der Waals surface area contributed by atoms with Gasteiger partial charge in [0.25, 0.3) is 5.91 Å². The van der Waals surface area contributed by atoms with Crippen LogP contribution in [-0.4, -0.2) is 44.2 Å². The SMILES string of the molecule is CC(C)(C)/C(Cn1cncn1)=N/OCC(=O)N/N=C/c1ccccn1. The largest absolute Gasteiger partial charge is 0.386 e. The van der Waals surface area contributed by atoms with Gasteiger partial charge in [-0.05, 0) is 12.1 Å². The van der Waals surface area contributed by atoms with E-state index in [2.05, 4.69) is 30.7 Å². The van der Waals surface area contributed by atoms with Crippen LogP contribution >= 0.6 is 0 Å². The number of oxime groups is 1. The molecule has 9 nitrogen and oxygen atoms in total. The first-order chi connectivity index (χ1) is 11.9. The van der Waals surface area contributed by atoms with Crippen molar-refractivity contribution in [2.24, 2.45) is 15.7 Å². The smallest absolute Gasteiger partial charge is 0.280 e. The van der Waals surface area contributed by atoms with Crippen LogP contribution in [0.1, 0.15) is 26.5 Å². The van der Waals surface area contributed by atoms with Crippen molar-refractivity contribution in [1.29, 1.82) is 0 Å². The summed E-state index contributed by atoms with van der Waals surface area (Å²) in [4.78, 5) is 24.8. The highest BCUT2D eigenvalue weighted by Gasteiger charge is 2.21. The highest BCUT2D eigenvalue weighted by Crippen LogP contribution is 2.17. The van der Waals surface area contributed by atoms with Crippen molar-refractivity contribution in [3.05, 3.63) is 42.7 Å². The quantitative estimate of drug-likeness (QED) is 0.601. The number of pyridine rings is 1. The average molecular weight is 343 g/mol. The van der Waals surface area contributed by atoms with Crippen molar-refractivity contribution >= 4 is 17.8 Å². The monoisotopic (exact) mass is 343 g/mol. The lowest BCUT2D eigenvalue weighted by molar-refractivity contribution is -0.125. The average Bonchev–Trinajstić information content (AvgIpc) is 3.07. The summed E-state index contributed by atoms with van der Waals surface area (Å²) in [7, 11) is 0. The fourth-order valence-electron chi connectivity index (χ4n) is 1.69. The maximum Gasteiger partial charge on any atom is 0.280 e. The molecule has 25 heavy (non-hydrogen) atoms. The molecule has 0 bridgehead atoms. The van der Waals surface area contributed by atoms with Gasteiger partial charge in [0.2, 0.25) is 0 Å². The van der Waals surface area contributed by atoms with Crippen molar-refractivity contribution in [2.45, 2.75) is 27.3 Å². The molecule has 2 rings (SSSR count). The second-order valence-electron chi connectivity index (χ2n) is 6.20. The molecule has 0 aliphatic carbocycles. The third kappa shape index (κ3) is 6.50. The van der Waals surface area contributed by atoms with Crippen molar-refractivity contribution < 1.29 is 9.63 Å². The molecular formula is C16H21N7O2. The number of hydrogen-bond acceptors (Lipinski definition) is 7. The minimum atomic E-state index is -0.412. The molecule has 0 aliphatic rings. The highest BCUT2D eigenvalue weighted by molar-refractivity contribution is 5.88. The first kappa shape index (κ1) is 18.2. The van der Waals surface area contributed by atoms with Crippen LogP contribution in [0.5, 0.6) is 0 Å². The summed E-state index contributed by atoms with van der Waals surface area (Å²) in [5.74, 6) is -0.412. The van der Waals surface area contributed by atoms with E-state index >= 15 is 0 Å². The standard InChI is InChI=1S/C16H21N7O2/c1-16(2,3)14(9-23-12-17-11-20-23)22-25-10-15(24)21-19-8-13-6-4-5-7-18-13/h4-8,11-12H,9-10H2,1-3H3,(H,21,24)/b19-8+,22-14+. The molecule has 1 N–H and O–H groups in total. The Morgan fingerprint density at radius 2 is 2.24 bits per heavy atom. The Hall–Kier alpha value is -3.10. The van der Waals surface area contributed by atoms with Gasteiger partial charge in [0, 0.05) is 11.6 Å². The van der Waals surface area contributed by atoms with E-state index in [0.29, 0.717) is 12.2 Å².